The molecule has 0 radical (unpaired) electrons. The summed E-state index contributed by atoms with van der Waals surface area (Å²) in [5, 5.41) is 0. The second-order valence-electron chi connectivity index (χ2n) is 3.77. The lowest BCUT2D eigenvalue weighted by molar-refractivity contribution is -0.137. The average molecular weight is 234 g/mol. The monoisotopic (exact) mass is 234 g/mol. The molecule has 0 N–H and O–H groups in total. The summed E-state index contributed by atoms with van der Waals surface area (Å²) in [7, 11) is 0. The number of carbonyl (C=O) groups is 1. The molecular formula is C11H10F4O. The molecule has 0 aromatic heterocycles. The van der Waals surface area contributed by atoms with Crippen LogP contribution in [0, 0.1) is 0 Å². The normalized spacial score (nSPS) is 11.9. The summed E-state index contributed by atoms with van der Waals surface area (Å²) in [6, 6.07) is 0.737. The van der Waals surface area contributed by atoms with E-state index in [-0.39, 0.29) is 11.5 Å². The van der Waals surface area contributed by atoms with E-state index < -0.39 is 23.3 Å². The van der Waals surface area contributed by atoms with Crippen LogP contribution in [0.4, 0.5) is 17.6 Å². The zero-order valence-electron chi connectivity index (χ0n) is 8.73. The first kappa shape index (κ1) is 12.7. The average Bonchev–Trinajstić information content (AvgIpc) is 2.15. The van der Waals surface area contributed by atoms with Gasteiger partial charge in [0.2, 0.25) is 0 Å². The van der Waals surface area contributed by atoms with Crippen molar-refractivity contribution in [2.24, 2.45) is 0 Å². The molecule has 88 valence electrons. The van der Waals surface area contributed by atoms with Crippen LogP contribution in [0.2, 0.25) is 0 Å². The highest BCUT2D eigenvalue weighted by Crippen LogP contribution is 2.32. The fourth-order valence-corrected chi connectivity index (χ4v) is 1.26. The Labute approximate surface area is 90.1 Å². The molecule has 0 bridgehead atoms. The lowest BCUT2D eigenvalue weighted by atomic mass is 9.97. The number of alkyl halides is 3. The largest absolute Gasteiger partial charge is 0.416 e. The first-order valence-corrected chi connectivity index (χ1v) is 4.64. The first-order valence-electron chi connectivity index (χ1n) is 4.64. The zero-order chi connectivity index (χ0) is 12.5. The minimum Gasteiger partial charge on any atom is -0.255 e. The maximum atomic E-state index is 12.4. The molecule has 0 heterocycles. The van der Waals surface area contributed by atoms with Gasteiger partial charge in [-0.2, -0.15) is 17.6 Å². The third-order valence-corrected chi connectivity index (χ3v) is 2.18. The van der Waals surface area contributed by atoms with Crippen molar-refractivity contribution in [1.82, 2.24) is 0 Å². The molecule has 0 aliphatic heterocycles. The van der Waals surface area contributed by atoms with Crippen molar-refractivity contribution in [3.63, 3.8) is 0 Å². The van der Waals surface area contributed by atoms with Crippen molar-refractivity contribution in [1.29, 1.82) is 0 Å². The predicted octanol–water partition coefficient (Wildman–Crippen LogP) is 3.94. The number of rotatable bonds is 2. The Morgan fingerprint density at radius 2 is 1.75 bits per heavy atom. The maximum Gasteiger partial charge on any atom is 0.416 e. The highest BCUT2D eigenvalue weighted by Gasteiger charge is 2.32. The van der Waals surface area contributed by atoms with Crippen LogP contribution < -0.4 is 0 Å². The van der Waals surface area contributed by atoms with Crippen LogP contribution in [0.15, 0.2) is 18.2 Å². The summed E-state index contributed by atoms with van der Waals surface area (Å²) in [5.74, 6) is -0.208. The second-order valence-corrected chi connectivity index (χ2v) is 3.77. The van der Waals surface area contributed by atoms with Crippen molar-refractivity contribution in [2.75, 3.05) is 0 Å². The van der Waals surface area contributed by atoms with Crippen molar-refractivity contribution in [2.45, 2.75) is 25.9 Å². The van der Waals surface area contributed by atoms with Gasteiger partial charge in [0.05, 0.1) is 11.1 Å². The van der Waals surface area contributed by atoms with Crippen LogP contribution in [0.3, 0.4) is 0 Å². The molecule has 0 amide bonds. The van der Waals surface area contributed by atoms with Gasteiger partial charge < -0.3 is 0 Å². The number of halogens is 4. The smallest absolute Gasteiger partial charge is 0.255 e. The molecule has 0 atom stereocenters. The summed E-state index contributed by atoms with van der Waals surface area (Å²) in [5.41, 5.74) is -1.27. The SMILES string of the molecule is CC(C)c1cc(C(=O)F)cc(C(F)(F)F)c1. The van der Waals surface area contributed by atoms with E-state index in [2.05, 4.69) is 0 Å². The number of hydrogen-bond acceptors (Lipinski definition) is 1. The topological polar surface area (TPSA) is 17.1 Å². The molecule has 1 nitrogen and oxygen atoms in total. The fraction of sp³-hybridized carbons (Fsp3) is 0.364. The first-order chi connectivity index (χ1) is 7.21. The standard InChI is InChI=1S/C11H10F4O/c1-6(2)7-3-8(10(12)16)5-9(4-7)11(13,14)15/h3-6H,1-2H3. The van der Waals surface area contributed by atoms with Crippen molar-refractivity contribution in [3.05, 3.63) is 34.9 Å². The van der Waals surface area contributed by atoms with E-state index in [0.29, 0.717) is 6.07 Å². The lowest BCUT2D eigenvalue weighted by Gasteiger charge is -2.12. The van der Waals surface area contributed by atoms with Gasteiger partial charge in [0.15, 0.2) is 0 Å². The molecule has 16 heavy (non-hydrogen) atoms. The summed E-state index contributed by atoms with van der Waals surface area (Å²) in [4.78, 5) is 10.5. The van der Waals surface area contributed by atoms with E-state index in [1.807, 2.05) is 0 Å². The minimum atomic E-state index is -4.57. The van der Waals surface area contributed by atoms with Crippen LogP contribution in [0.1, 0.15) is 41.3 Å². The number of benzene rings is 1. The molecule has 0 unspecified atom stereocenters. The van der Waals surface area contributed by atoms with Gasteiger partial charge >= 0.3 is 12.2 Å². The van der Waals surface area contributed by atoms with Crippen LogP contribution in [0.5, 0.6) is 0 Å². The molecule has 0 fully saturated rings. The van der Waals surface area contributed by atoms with Gasteiger partial charge in [-0.15, -0.1) is 0 Å². The molecule has 1 rings (SSSR count). The Morgan fingerprint density at radius 1 is 1.19 bits per heavy atom. The van der Waals surface area contributed by atoms with E-state index >= 15 is 0 Å². The Bertz CT molecular complexity index is 407. The third-order valence-electron chi connectivity index (χ3n) is 2.18. The van der Waals surface area contributed by atoms with Gasteiger partial charge in [-0.05, 0) is 29.7 Å². The van der Waals surface area contributed by atoms with Gasteiger partial charge in [0.25, 0.3) is 0 Å². The van der Waals surface area contributed by atoms with Crippen LogP contribution in [0.25, 0.3) is 0 Å². The van der Waals surface area contributed by atoms with Crippen molar-refractivity contribution < 1.29 is 22.4 Å². The Balaban J connectivity index is 3.36. The summed E-state index contributed by atoms with van der Waals surface area (Å²) < 4.78 is 49.8. The molecule has 0 spiro atoms. The van der Waals surface area contributed by atoms with Gasteiger partial charge in [-0.25, -0.2) is 0 Å². The number of hydrogen-bond donors (Lipinski definition) is 0. The van der Waals surface area contributed by atoms with E-state index in [4.69, 9.17) is 0 Å². The third kappa shape index (κ3) is 2.81. The van der Waals surface area contributed by atoms with Gasteiger partial charge in [0.1, 0.15) is 0 Å². The fourth-order valence-electron chi connectivity index (χ4n) is 1.26. The Morgan fingerprint density at radius 3 is 2.12 bits per heavy atom. The Kier molecular flexibility index (Phi) is 3.35. The molecule has 5 heteroatoms. The van der Waals surface area contributed by atoms with E-state index in [0.717, 1.165) is 12.1 Å². The minimum absolute atomic E-state index is 0.208. The highest BCUT2D eigenvalue weighted by molar-refractivity contribution is 5.88. The highest BCUT2D eigenvalue weighted by atomic mass is 19.4. The quantitative estimate of drug-likeness (QED) is 0.559. The zero-order valence-corrected chi connectivity index (χ0v) is 8.73. The molecule has 0 aliphatic carbocycles. The molecular weight excluding hydrogens is 224 g/mol. The van der Waals surface area contributed by atoms with E-state index in [9.17, 15) is 22.4 Å². The molecule has 0 saturated carbocycles. The van der Waals surface area contributed by atoms with Crippen molar-refractivity contribution >= 4 is 6.04 Å². The molecule has 0 aliphatic rings. The van der Waals surface area contributed by atoms with Crippen LogP contribution in [-0.2, 0) is 6.18 Å². The van der Waals surface area contributed by atoms with Gasteiger partial charge in [0, 0.05) is 0 Å². The molecule has 1 aromatic carbocycles. The Hall–Kier alpha value is -1.39. The summed E-state index contributed by atoms with van der Waals surface area (Å²) in [6.07, 6.45) is -4.57. The molecule has 0 saturated heterocycles. The summed E-state index contributed by atoms with van der Waals surface area (Å²) >= 11 is 0. The second kappa shape index (κ2) is 4.23. The molecule has 1 aromatic rings. The summed E-state index contributed by atoms with van der Waals surface area (Å²) in [6.45, 7) is 3.34. The lowest BCUT2D eigenvalue weighted by Crippen LogP contribution is -2.08. The van der Waals surface area contributed by atoms with E-state index in [1.54, 1.807) is 13.8 Å². The predicted molar refractivity (Wildman–Crippen MR) is 51.0 cm³/mol. The van der Waals surface area contributed by atoms with Gasteiger partial charge in [-0.1, -0.05) is 13.8 Å². The van der Waals surface area contributed by atoms with E-state index in [1.165, 1.54) is 0 Å². The van der Waals surface area contributed by atoms with Crippen LogP contribution >= 0.6 is 0 Å². The van der Waals surface area contributed by atoms with Crippen molar-refractivity contribution in [3.8, 4) is 0 Å². The number of carbonyl (C=O) groups excluding carboxylic acids is 1. The van der Waals surface area contributed by atoms with Gasteiger partial charge in [-0.3, -0.25) is 4.79 Å². The maximum absolute atomic E-state index is 12.4. The van der Waals surface area contributed by atoms with Crippen LogP contribution in [-0.4, -0.2) is 6.04 Å².